The number of urea groups is 1. The van der Waals surface area contributed by atoms with Gasteiger partial charge in [0.05, 0.1) is 12.3 Å². The first-order valence-corrected chi connectivity index (χ1v) is 4.62. The second kappa shape index (κ2) is 3.61. The van der Waals surface area contributed by atoms with Crippen LogP contribution < -0.4 is 11.1 Å². The highest BCUT2D eigenvalue weighted by Gasteiger charge is 2.16. The summed E-state index contributed by atoms with van der Waals surface area (Å²) in [4.78, 5) is 11.1. The topological polar surface area (TPSA) is 70.7 Å². The van der Waals surface area contributed by atoms with Crippen LogP contribution in [0.3, 0.4) is 0 Å². The average Bonchev–Trinajstić information content (AvgIpc) is 2.23. The lowest BCUT2D eigenvalue weighted by Gasteiger charge is -2.20. The maximum Gasteiger partial charge on any atom is 0.337 e. The molecule has 5 heteroatoms. The van der Waals surface area contributed by atoms with E-state index in [1.807, 2.05) is 24.3 Å². The Bertz CT molecular complexity index is 410. The first kappa shape index (κ1) is 9.51. The lowest BCUT2D eigenvalue weighted by Crippen LogP contribution is -2.43. The highest BCUT2D eigenvalue weighted by molar-refractivity contribution is 6.05. The van der Waals surface area contributed by atoms with E-state index in [1.54, 1.807) is 7.05 Å². The van der Waals surface area contributed by atoms with E-state index in [4.69, 9.17) is 5.73 Å². The summed E-state index contributed by atoms with van der Waals surface area (Å²) in [6.07, 6.45) is 0. The summed E-state index contributed by atoms with van der Waals surface area (Å²) in [5.41, 5.74) is 8.10. The Morgan fingerprint density at radius 2 is 2.07 bits per heavy atom. The number of nitrogens with zero attached hydrogens (tertiary/aromatic N) is 2. The van der Waals surface area contributed by atoms with Crippen molar-refractivity contribution in [3.63, 3.8) is 0 Å². The molecule has 0 saturated carbocycles. The van der Waals surface area contributed by atoms with E-state index >= 15 is 0 Å². The molecule has 15 heavy (non-hydrogen) atoms. The van der Waals surface area contributed by atoms with Gasteiger partial charge in [0.1, 0.15) is 0 Å². The van der Waals surface area contributed by atoms with Gasteiger partial charge in [0.15, 0.2) is 0 Å². The van der Waals surface area contributed by atoms with Crippen molar-refractivity contribution in [1.29, 1.82) is 0 Å². The molecule has 0 atom stereocenters. The van der Waals surface area contributed by atoms with Gasteiger partial charge in [-0.2, -0.15) is 5.10 Å². The summed E-state index contributed by atoms with van der Waals surface area (Å²) in [7, 11) is 1.62. The molecule has 0 unspecified atom stereocenters. The van der Waals surface area contributed by atoms with Gasteiger partial charge in [-0.15, -0.1) is 0 Å². The van der Waals surface area contributed by atoms with Crippen LogP contribution >= 0.6 is 0 Å². The van der Waals surface area contributed by atoms with E-state index in [1.165, 1.54) is 5.01 Å². The molecule has 1 aliphatic rings. The zero-order chi connectivity index (χ0) is 10.8. The number of anilines is 1. The monoisotopic (exact) mass is 204 g/mol. The molecule has 0 spiro atoms. The molecule has 0 fully saturated rings. The lowest BCUT2D eigenvalue weighted by atomic mass is 10.1. The van der Waals surface area contributed by atoms with Crippen molar-refractivity contribution >= 4 is 17.4 Å². The van der Waals surface area contributed by atoms with Crippen LogP contribution in [0.15, 0.2) is 29.4 Å². The van der Waals surface area contributed by atoms with Crippen molar-refractivity contribution in [2.45, 2.75) is 0 Å². The molecule has 0 saturated heterocycles. The van der Waals surface area contributed by atoms with Crippen molar-refractivity contribution < 1.29 is 4.79 Å². The average molecular weight is 204 g/mol. The lowest BCUT2D eigenvalue weighted by molar-refractivity contribution is 0.209. The third-order valence-electron chi connectivity index (χ3n) is 2.22. The number of rotatable bonds is 1. The van der Waals surface area contributed by atoms with Crippen LogP contribution in [0.4, 0.5) is 10.5 Å². The van der Waals surface area contributed by atoms with Crippen LogP contribution in [0.2, 0.25) is 0 Å². The second-order valence-corrected chi connectivity index (χ2v) is 3.35. The fourth-order valence-corrected chi connectivity index (χ4v) is 1.37. The van der Waals surface area contributed by atoms with Gasteiger partial charge in [0.25, 0.3) is 0 Å². The van der Waals surface area contributed by atoms with E-state index in [0.717, 1.165) is 11.3 Å². The van der Waals surface area contributed by atoms with Crippen LogP contribution in [0, 0.1) is 0 Å². The van der Waals surface area contributed by atoms with E-state index in [-0.39, 0.29) is 6.03 Å². The number of nitrogen functional groups attached to an aromatic ring is 1. The van der Waals surface area contributed by atoms with Gasteiger partial charge in [-0.3, -0.25) is 0 Å². The van der Waals surface area contributed by atoms with Gasteiger partial charge in [-0.1, -0.05) is 12.1 Å². The molecule has 0 aromatic heterocycles. The normalized spacial score (nSPS) is 15.9. The van der Waals surface area contributed by atoms with Crippen molar-refractivity contribution in [3.05, 3.63) is 29.8 Å². The minimum Gasteiger partial charge on any atom is -0.399 e. The number of hydrazone groups is 1. The smallest absolute Gasteiger partial charge is 0.337 e. The molecule has 2 amide bonds. The molecule has 0 bridgehead atoms. The van der Waals surface area contributed by atoms with Gasteiger partial charge < -0.3 is 11.1 Å². The predicted octanol–water partition coefficient (Wildman–Crippen LogP) is 0.628. The number of benzene rings is 1. The number of nitrogens with one attached hydrogen (secondary N) is 1. The maximum atomic E-state index is 11.1. The summed E-state index contributed by atoms with van der Waals surface area (Å²) in [6.45, 7) is 0.451. The fourth-order valence-electron chi connectivity index (χ4n) is 1.37. The summed E-state index contributed by atoms with van der Waals surface area (Å²) in [5.74, 6) is 0. The second-order valence-electron chi connectivity index (χ2n) is 3.35. The fraction of sp³-hybridized carbons (Fsp3) is 0.200. The molecular weight excluding hydrogens is 192 g/mol. The van der Waals surface area contributed by atoms with Crippen molar-refractivity contribution in [1.82, 2.24) is 10.3 Å². The molecule has 3 N–H and O–H groups in total. The number of carbonyl (C=O) groups is 1. The Hall–Kier alpha value is -2.04. The van der Waals surface area contributed by atoms with Crippen LogP contribution in [-0.2, 0) is 0 Å². The van der Waals surface area contributed by atoms with E-state index < -0.39 is 0 Å². The highest BCUT2D eigenvalue weighted by atomic mass is 16.2. The predicted molar refractivity (Wildman–Crippen MR) is 58.6 cm³/mol. The molecule has 5 nitrogen and oxygen atoms in total. The minimum atomic E-state index is -0.186. The molecule has 1 heterocycles. The van der Waals surface area contributed by atoms with Gasteiger partial charge >= 0.3 is 6.03 Å². The molecule has 2 rings (SSSR count). The quantitative estimate of drug-likeness (QED) is 0.658. The van der Waals surface area contributed by atoms with E-state index in [0.29, 0.717) is 12.2 Å². The van der Waals surface area contributed by atoms with Crippen LogP contribution in [0.25, 0.3) is 0 Å². The number of nitrogens with two attached hydrogens (primary N) is 1. The Morgan fingerprint density at radius 3 is 2.67 bits per heavy atom. The first-order chi connectivity index (χ1) is 7.16. The van der Waals surface area contributed by atoms with Crippen LogP contribution in [0.1, 0.15) is 5.56 Å². The molecule has 0 radical (unpaired) electrons. The Kier molecular flexibility index (Phi) is 2.29. The maximum absolute atomic E-state index is 11.1. The molecule has 1 aromatic carbocycles. The summed E-state index contributed by atoms with van der Waals surface area (Å²) >= 11 is 0. The third kappa shape index (κ3) is 1.90. The zero-order valence-electron chi connectivity index (χ0n) is 8.40. The first-order valence-electron chi connectivity index (χ1n) is 4.62. The molecule has 0 aliphatic carbocycles. The Labute approximate surface area is 87.6 Å². The van der Waals surface area contributed by atoms with Crippen LogP contribution in [0.5, 0.6) is 0 Å². The highest BCUT2D eigenvalue weighted by Crippen LogP contribution is 2.09. The standard InChI is InChI=1S/C10H12N4O/c1-14-10(15)12-6-9(13-14)7-2-4-8(11)5-3-7/h2-5H,6,11H2,1H3,(H,12,15). The number of hydrogen-bond acceptors (Lipinski definition) is 3. The van der Waals surface area contributed by atoms with Crippen molar-refractivity contribution in [2.24, 2.45) is 5.10 Å². The van der Waals surface area contributed by atoms with Gasteiger partial charge in [-0.25, -0.2) is 9.80 Å². The zero-order valence-corrected chi connectivity index (χ0v) is 8.40. The molecule has 1 aromatic rings. The van der Waals surface area contributed by atoms with E-state index in [2.05, 4.69) is 10.4 Å². The Morgan fingerprint density at radius 1 is 1.40 bits per heavy atom. The molecular formula is C10H12N4O. The van der Waals surface area contributed by atoms with Crippen LogP contribution in [-0.4, -0.2) is 30.3 Å². The number of amides is 2. The summed E-state index contributed by atoms with van der Waals surface area (Å²) < 4.78 is 0. The SMILES string of the molecule is CN1N=C(c2ccc(N)cc2)CNC1=O. The third-order valence-corrected chi connectivity index (χ3v) is 2.22. The van der Waals surface area contributed by atoms with Crippen molar-refractivity contribution in [2.75, 3.05) is 19.3 Å². The number of carbonyl (C=O) groups excluding carboxylic acids is 1. The van der Waals surface area contributed by atoms with E-state index in [9.17, 15) is 4.79 Å². The largest absolute Gasteiger partial charge is 0.399 e. The van der Waals surface area contributed by atoms with Gasteiger partial charge in [-0.05, 0) is 17.7 Å². The van der Waals surface area contributed by atoms with Crippen molar-refractivity contribution in [3.8, 4) is 0 Å². The van der Waals surface area contributed by atoms with Gasteiger partial charge in [0, 0.05) is 12.7 Å². The summed E-state index contributed by atoms with van der Waals surface area (Å²) in [5, 5.41) is 8.17. The summed E-state index contributed by atoms with van der Waals surface area (Å²) in [6, 6.07) is 7.22. The van der Waals surface area contributed by atoms with Gasteiger partial charge in [0.2, 0.25) is 0 Å². The molecule has 78 valence electrons. The number of hydrogen-bond donors (Lipinski definition) is 2. The Balaban J connectivity index is 2.28. The minimum absolute atomic E-state index is 0.186. The molecule has 1 aliphatic heterocycles.